The molecule has 1 aliphatic heterocycles. The average Bonchev–Trinajstić information content (AvgIpc) is 3.40. The summed E-state index contributed by atoms with van der Waals surface area (Å²) in [6.07, 6.45) is 4.40. The fourth-order valence-corrected chi connectivity index (χ4v) is 4.16. The molecule has 30 heavy (non-hydrogen) atoms. The van der Waals surface area contributed by atoms with Crippen molar-refractivity contribution < 1.29 is 9.18 Å². The molecular formula is C21H25FN6OS. The lowest BCUT2D eigenvalue weighted by atomic mass is 10.1. The van der Waals surface area contributed by atoms with Gasteiger partial charge in [0.05, 0.1) is 24.5 Å². The fourth-order valence-electron chi connectivity index (χ4n) is 3.60. The first-order valence-corrected chi connectivity index (χ1v) is 11.2. The van der Waals surface area contributed by atoms with E-state index < -0.39 is 0 Å². The highest BCUT2D eigenvalue weighted by Crippen LogP contribution is 2.29. The van der Waals surface area contributed by atoms with Gasteiger partial charge in [0, 0.05) is 19.6 Å². The predicted molar refractivity (Wildman–Crippen MR) is 116 cm³/mol. The number of hydrogen-bond donors (Lipinski definition) is 1. The lowest BCUT2D eigenvalue weighted by molar-refractivity contribution is -0.120. The maximum Gasteiger partial charge on any atom is 0.224 e. The highest BCUT2D eigenvalue weighted by Gasteiger charge is 2.20. The third kappa shape index (κ3) is 4.72. The van der Waals surface area contributed by atoms with Crippen LogP contribution >= 0.6 is 11.8 Å². The minimum Gasteiger partial charge on any atom is -0.356 e. The molecule has 7 nitrogen and oxygen atoms in total. The molecular weight excluding hydrogens is 403 g/mol. The molecule has 1 fully saturated rings. The second kappa shape index (κ2) is 9.42. The number of benzene rings is 1. The Morgan fingerprint density at radius 3 is 2.70 bits per heavy atom. The number of anilines is 1. The van der Waals surface area contributed by atoms with Gasteiger partial charge < -0.3 is 10.2 Å². The van der Waals surface area contributed by atoms with E-state index in [-0.39, 0.29) is 18.1 Å². The van der Waals surface area contributed by atoms with Crippen LogP contribution in [0.2, 0.25) is 0 Å². The van der Waals surface area contributed by atoms with E-state index in [1.165, 1.54) is 25.0 Å². The summed E-state index contributed by atoms with van der Waals surface area (Å²) in [6, 6.07) is 5.98. The quantitative estimate of drug-likeness (QED) is 0.439. The Bertz CT molecular complexity index is 1020. The Kier molecular flexibility index (Phi) is 6.47. The summed E-state index contributed by atoms with van der Waals surface area (Å²) in [7, 11) is 0. The average molecular weight is 429 g/mol. The van der Waals surface area contributed by atoms with Gasteiger partial charge >= 0.3 is 0 Å². The van der Waals surface area contributed by atoms with Gasteiger partial charge in [0.2, 0.25) is 5.91 Å². The molecule has 1 aromatic carbocycles. The highest BCUT2D eigenvalue weighted by atomic mass is 32.2. The van der Waals surface area contributed by atoms with Crippen molar-refractivity contribution in [3.8, 4) is 0 Å². The van der Waals surface area contributed by atoms with Gasteiger partial charge in [-0.1, -0.05) is 30.8 Å². The predicted octanol–water partition coefficient (Wildman–Crippen LogP) is 3.04. The van der Waals surface area contributed by atoms with Crippen LogP contribution in [0.25, 0.3) is 11.0 Å². The van der Waals surface area contributed by atoms with Crippen LogP contribution in [-0.4, -0.2) is 51.0 Å². The molecule has 3 heterocycles. The summed E-state index contributed by atoms with van der Waals surface area (Å²) >= 11 is 1.62. The van der Waals surface area contributed by atoms with Gasteiger partial charge in [0.25, 0.3) is 0 Å². The van der Waals surface area contributed by atoms with Crippen LogP contribution < -0.4 is 10.2 Å². The van der Waals surface area contributed by atoms with E-state index in [1.807, 2.05) is 10.9 Å². The van der Waals surface area contributed by atoms with E-state index in [1.54, 1.807) is 23.9 Å². The van der Waals surface area contributed by atoms with Crippen molar-refractivity contribution in [2.24, 2.45) is 0 Å². The summed E-state index contributed by atoms with van der Waals surface area (Å²) in [4.78, 5) is 24.0. The van der Waals surface area contributed by atoms with Crippen LogP contribution in [0.3, 0.4) is 0 Å². The van der Waals surface area contributed by atoms with Gasteiger partial charge in [-0.05, 0) is 36.3 Å². The zero-order chi connectivity index (χ0) is 20.9. The fraction of sp³-hybridized carbons (Fsp3) is 0.429. The Morgan fingerprint density at radius 1 is 1.20 bits per heavy atom. The Labute approximate surface area is 179 Å². The summed E-state index contributed by atoms with van der Waals surface area (Å²) in [5.74, 6) is 1.45. The third-order valence-corrected chi connectivity index (χ3v) is 5.79. The van der Waals surface area contributed by atoms with Gasteiger partial charge in [-0.25, -0.2) is 19.0 Å². The van der Waals surface area contributed by atoms with Crippen molar-refractivity contribution in [1.29, 1.82) is 0 Å². The number of rotatable bonds is 8. The van der Waals surface area contributed by atoms with E-state index in [4.69, 9.17) is 9.97 Å². The van der Waals surface area contributed by atoms with Crippen LogP contribution in [-0.2, 0) is 17.8 Å². The molecule has 0 aliphatic carbocycles. The van der Waals surface area contributed by atoms with Crippen molar-refractivity contribution in [2.45, 2.75) is 37.9 Å². The molecule has 0 unspecified atom stereocenters. The molecule has 0 bridgehead atoms. The molecule has 3 aromatic rings. The molecule has 0 spiro atoms. The zero-order valence-electron chi connectivity index (χ0n) is 17.0. The maximum atomic E-state index is 13.0. The van der Waals surface area contributed by atoms with E-state index in [2.05, 4.69) is 22.2 Å². The van der Waals surface area contributed by atoms with Crippen LogP contribution in [0.15, 0.2) is 35.6 Å². The van der Waals surface area contributed by atoms with E-state index >= 15 is 0 Å². The van der Waals surface area contributed by atoms with E-state index in [9.17, 15) is 9.18 Å². The van der Waals surface area contributed by atoms with E-state index in [0.717, 1.165) is 46.4 Å². The van der Waals surface area contributed by atoms with Crippen molar-refractivity contribution in [1.82, 2.24) is 25.1 Å². The summed E-state index contributed by atoms with van der Waals surface area (Å²) < 4.78 is 14.8. The summed E-state index contributed by atoms with van der Waals surface area (Å²) in [5.41, 5.74) is 1.58. The largest absolute Gasteiger partial charge is 0.356 e. The van der Waals surface area contributed by atoms with Crippen molar-refractivity contribution in [3.63, 3.8) is 0 Å². The van der Waals surface area contributed by atoms with Crippen LogP contribution in [0.4, 0.5) is 10.2 Å². The van der Waals surface area contributed by atoms with Crippen molar-refractivity contribution in [2.75, 3.05) is 30.3 Å². The number of amides is 1. The minimum absolute atomic E-state index is 0.104. The number of nitrogens with zero attached hydrogens (tertiary/aromatic N) is 5. The van der Waals surface area contributed by atoms with Crippen molar-refractivity contribution >= 4 is 34.5 Å². The van der Waals surface area contributed by atoms with Crippen LogP contribution in [0, 0.1) is 5.82 Å². The zero-order valence-corrected chi connectivity index (χ0v) is 17.8. The molecule has 1 N–H and O–H groups in total. The number of carbonyl (C=O) groups is 1. The number of aromatic nitrogens is 4. The van der Waals surface area contributed by atoms with Crippen LogP contribution in [0.5, 0.6) is 0 Å². The maximum absolute atomic E-state index is 13.0. The lowest BCUT2D eigenvalue weighted by Gasteiger charge is -2.17. The lowest BCUT2D eigenvalue weighted by Crippen LogP contribution is -2.29. The van der Waals surface area contributed by atoms with Gasteiger partial charge in [-0.3, -0.25) is 4.79 Å². The summed E-state index contributed by atoms with van der Waals surface area (Å²) in [5, 5.41) is 9.12. The second-order valence-electron chi connectivity index (χ2n) is 7.22. The van der Waals surface area contributed by atoms with Crippen LogP contribution in [0.1, 0.15) is 25.3 Å². The molecule has 0 atom stereocenters. The molecule has 1 amide bonds. The number of hydrogen-bond acceptors (Lipinski definition) is 6. The smallest absolute Gasteiger partial charge is 0.224 e. The monoisotopic (exact) mass is 428 g/mol. The minimum atomic E-state index is -0.305. The molecule has 0 radical (unpaired) electrons. The number of carbonyl (C=O) groups excluding carboxylic acids is 1. The Morgan fingerprint density at radius 2 is 1.97 bits per heavy atom. The number of fused-ring (bicyclic) bond motifs is 1. The first kappa shape index (κ1) is 20.6. The second-order valence-corrected chi connectivity index (χ2v) is 8.45. The molecule has 158 valence electrons. The molecule has 1 aliphatic rings. The first-order chi connectivity index (χ1) is 14.6. The molecule has 4 rings (SSSR count). The molecule has 0 saturated carbocycles. The van der Waals surface area contributed by atoms with Crippen molar-refractivity contribution in [3.05, 3.63) is 41.8 Å². The Balaban J connectivity index is 1.44. The normalized spacial score (nSPS) is 13.9. The van der Waals surface area contributed by atoms with E-state index in [0.29, 0.717) is 13.1 Å². The highest BCUT2D eigenvalue weighted by molar-refractivity contribution is 7.99. The Hall–Kier alpha value is -2.68. The van der Waals surface area contributed by atoms with Gasteiger partial charge in [0.15, 0.2) is 10.8 Å². The standard InChI is InChI=1S/C21H25FN6OS/c1-2-30-21-25-19(27-10-3-4-11-27)17-14-24-28(20(17)26-21)12-9-23-18(29)13-15-5-7-16(22)8-6-15/h5-8,14H,2-4,9-13H2,1H3,(H,23,29). The first-order valence-electron chi connectivity index (χ1n) is 10.3. The summed E-state index contributed by atoms with van der Waals surface area (Å²) in [6.45, 7) is 5.06. The molecule has 1 saturated heterocycles. The third-order valence-electron chi connectivity index (χ3n) is 5.06. The number of nitrogens with one attached hydrogen (secondary N) is 1. The van der Waals surface area contributed by atoms with Gasteiger partial charge in [-0.2, -0.15) is 5.10 Å². The number of halogens is 1. The van der Waals surface area contributed by atoms with Gasteiger partial charge in [0.1, 0.15) is 11.6 Å². The SMILES string of the molecule is CCSc1nc(N2CCCC2)c2cnn(CCNC(=O)Cc3ccc(F)cc3)c2n1. The topological polar surface area (TPSA) is 75.9 Å². The molecule has 9 heteroatoms. The van der Waals surface area contributed by atoms with Gasteiger partial charge in [-0.15, -0.1) is 0 Å². The number of thioether (sulfide) groups is 1. The molecule has 2 aromatic heterocycles.